The van der Waals surface area contributed by atoms with E-state index < -0.39 is 12.0 Å². The number of rotatable bonds is 4. The molecule has 2 N–H and O–H groups in total. The largest absolute Gasteiger partial charge is 0.480 e. The van der Waals surface area contributed by atoms with Crippen molar-refractivity contribution in [2.45, 2.75) is 19.9 Å². The third-order valence-electron chi connectivity index (χ3n) is 3.97. The maximum Gasteiger partial charge on any atom is 0.326 e. The summed E-state index contributed by atoms with van der Waals surface area (Å²) in [5.41, 5.74) is 0.914. The van der Waals surface area contributed by atoms with Crippen molar-refractivity contribution in [3.63, 3.8) is 0 Å². The zero-order valence-electron chi connectivity index (χ0n) is 13.3. The zero-order chi connectivity index (χ0) is 17.0. The van der Waals surface area contributed by atoms with Crippen molar-refractivity contribution in [1.29, 1.82) is 0 Å². The van der Waals surface area contributed by atoms with Crippen LogP contribution in [0.4, 0.5) is 14.9 Å². The third kappa shape index (κ3) is 4.34. The van der Waals surface area contributed by atoms with E-state index in [1.807, 2.05) is 0 Å². The molecule has 1 aliphatic heterocycles. The number of carbonyl (C=O) groups excluding carboxylic acids is 1. The average molecular weight is 323 g/mol. The molecular weight excluding hydrogens is 301 g/mol. The van der Waals surface area contributed by atoms with Crippen LogP contribution in [0.1, 0.15) is 13.8 Å². The van der Waals surface area contributed by atoms with Gasteiger partial charge in [0.15, 0.2) is 0 Å². The van der Waals surface area contributed by atoms with Crippen molar-refractivity contribution < 1.29 is 19.1 Å². The first kappa shape index (κ1) is 17.1. The first-order valence-corrected chi connectivity index (χ1v) is 7.67. The lowest BCUT2D eigenvalue weighted by atomic mass is 10.1. The molecule has 0 aliphatic carbocycles. The van der Waals surface area contributed by atoms with Crippen molar-refractivity contribution in [2.75, 3.05) is 31.1 Å². The number of halogens is 1. The normalized spacial score (nSPS) is 16.3. The third-order valence-corrected chi connectivity index (χ3v) is 3.97. The molecule has 0 radical (unpaired) electrons. The molecule has 1 aromatic carbocycles. The molecular formula is C16H22FN3O3. The minimum Gasteiger partial charge on any atom is -0.480 e. The number of amides is 2. The van der Waals surface area contributed by atoms with E-state index in [2.05, 4.69) is 10.2 Å². The van der Waals surface area contributed by atoms with Crippen molar-refractivity contribution >= 4 is 17.7 Å². The number of carboxylic acids is 1. The molecule has 1 atom stereocenters. The SMILES string of the molecule is CC(C)C(NC(=O)N1CCN(c2ccc(F)cc2)CC1)C(=O)O. The lowest BCUT2D eigenvalue weighted by Gasteiger charge is -2.36. The Kier molecular flexibility index (Phi) is 5.41. The number of nitrogens with zero attached hydrogens (tertiary/aromatic N) is 2. The van der Waals surface area contributed by atoms with E-state index in [-0.39, 0.29) is 17.8 Å². The Hall–Kier alpha value is -2.31. The number of aliphatic carboxylic acids is 1. The second-order valence-electron chi connectivity index (χ2n) is 5.96. The van der Waals surface area contributed by atoms with Gasteiger partial charge in [-0.15, -0.1) is 0 Å². The Bertz CT molecular complexity index is 554. The Morgan fingerprint density at radius 2 is 1.70 bits per heavy atom. The van der Waals surface area contributed by atoms with E-state index in [0.29, 0.717) is 26.2 Å². The molecule has 0 bridgehead atoms. The topological polar surface area (TPSA) is 72.9 Å². The molecule has 1 aliphatic rings. The van der Waals surface area contributed by atoms with Crippen LogP contribution in [0.3, 0.4) is 0 Å². The van der Waals surface area contributed by atoms with Gasteiger partial charge in [0, 0.05) is 31.9 Å². The van der Waals surface area contributed by atoms with E-state index in [1.54, 1.807) is 30.9 Å². The summed E-state index contributed by atoms with van der Waals surface area (Å²) in [7, 11) is 0. The number of hydrogen-bond donors (Lipinski definition) is 2. The first-order chi connectivity index (χ1) is 10.9. The van der Waals surface area contributed by atoms with E-state index in [0.717, 1.165) is 5.69 Å². The standard InChI is InChI=1S/C16H22FN3O3/c1-11(2)14(15(21)22)18-16(23)20-9-7-19(8-10-20)13-5-3-12(17)4-6-13/h3-6,11,14H,7-10H2,1-2H3,(H,18,23)(H,21,22). The van der Waals surface area contributed by atoms with E-state index in [9.17, 15) is 14.0 Å². The van der Waals surface area contributed by atoms with Gasteiger partial charge in [0.25, 0.3) is 0 Å². The van der Waals surface area contributed by atoms with Gasteiger partial charge in [0.2, 0.25) is 0 Å². The summed E-state index contributed by atoms with van der Waals surface area (Å²) < 4.78 is 12.9. The molecule has 1 unspecified atom stereocenters. The van der Waals surface area contributed by atoms with Gasteiger partial charge in [-0.25, -0.2) is 14.0 Å². The van der Waals surface area contributed by atoms with E-state index in [1.165, 1.54) is 12.1 Å². The molecule has 1 saturated heterocycles. The summed E-state index contributed by atoms with van der Waals surface area (Å²) in [5, 5.41) is 11.7. The molecule has 1 fully saturated rings. The highest BCUT2D eigenvalue weighted by molar-refractivity contribution is 5.82. The maximum atomic E-state index is 12.9. The van der Waals surface area contributed by atoms with Gasteiger partial charge in [0.1, 0.15) is 11.9 Å². The van der Waals surface area contributed by atoms with Crippen molar-refractivity contribution in [2.24, 2.45) is 5.92 Å². The second kappa shape index (κ2) is 7.30. The molecule has 0 spiro atoms. The number of hydrogen-bond acceptors (Lipinski definition) is 3. The smallest absolute Gasteiger partial charge is 0.326 e. The van der Waals surface area contributed by atoms with Crippen LogP contribution in [0.5, 0.6) is 0 Å². The molecule has 23 heavy (non-hydrogen) atoms. The van der Waals surface area contributed by atoms with Crippen LogP contribution >= 0.6 is 0 Å². The van der Waals surface area contributed by atoms with Crippen molar-refractivity contribution in [3.8, 4) is 0 Å². The van der Waals surface area contributed by atoms with Crippen LogP contribution in [-0.2, 0) is 4.79 Å². The first-order valence-electron chi connectivity index (χ1n) is 7.67. The molecule has 2 amide bonds. The van der Waals surface area contributed by atoms with Crippen LogP contribution in [-0.4, -0.2) is 54.2 Å². The highest BCUT2D eigenvalue weighted by Crippen LogP contribution is 2.17. The molecule has 0 saturated carbocycles. The van der Waals surface area contributed by atoms with Crippen LogP contribution in [0.2, 0.25) is 0 Å². The van der Waals surface area contributed by atoms with Gasteiger partial charge >= 0.3 is 12.0 Å². The monoisotopic (exact) mass is 323 g/mol. The Labute approximate surface area is 134 Å². The average Bonchev–Trinajstić information content (AvgIpc) is 2.52. The number of carbonyl (C=O) groups is 2. The van der Waals surface area contributed by atoms with Crippen LogP contribution < -0.4 is 10.2 Å². The van der Waals surface area contributed by atoms with Crippen LogP contribution in [0, 0.1) is 11.7 Å². The Morgan fingerprint density at radius 1 is 1.13 bits per heavy atom. The maximum absolute atomic E-state index is 12.9. The predicted molar refractivity (Wildman–Crippen MR) is 85.0 cm³/mol. The highest BCUT2D eigenvalue weighted by Gasteiger charge is 2.27. The second-order valence-corrected chi connectivity index (χ2v) is 5.96. The zero-order valence-corrected chi connectivity index (χ0v) is 13.3. The van der Waals surface area contributed by atoms with Gasteiger partial charge in [-0.05, 0) is 30.2 Å². The predicted octanol–water partition coefficient (Wildman–Crippen LogP) is 1.77. The number of nitrogens with one attached hydrogen (secondary N) is 1. The van der Waals surface area contributed by atoms with Crippen molar-refractivity contribution in [1.82, 2.24) is 10.2 Å². The van der Waals surface area contributed by atoms with Gasteiger partial charge in [0.05, 0.1) is 0 Å². The van der Waals surface area contributed by atoms with E-state index >= 15 is 0 Å². The molecule has 0 aromatic heterocycles. The fourth-order valence-corrected chi connectivity index (χ4v) is 2.56. The Morgan fingerprint density at radius 3 is 2.17 bits per heavy atom. The molecule has 6 nitrogen and oxygen atoms in total. The van der Waals surface area contributed by atoms with Crippen LogP contribution in [0.25, 0.3) is 0 Å². The quantitative estimate of drug-likeness (QED) is 0.886. The van der Waals surface area contributed by atoms with Crippen molar-refractivity contribution in [3.05, 3.63) is 30.1 Å². The van der Waals surface area contributed by atoms with Gasteiger partial charge in [-0.3, -0.25) is 0 Å². The number of urea groups is 1. The summed E-state index contributed by atoms with van der Waals surface area (Å²) in [5.74, 6) is -1.49. The number of anilines is 1. The Balaban J connectivity index is 1.89. The number of carboxylic acid groups (broad SMARTS) is 1. The minimum atomic E-state index is -1.03. The molecule has 2 rings (SSSR count). The van der Waals surface area contributed by atoms with Gasteiger partial charge in [-0.2, -0.15) is 0 Å². The summed E-state index contributed by atoms with van der Waals surface area (Å²) in [6.45, 7) is 5.75. The minimum absolute atomic E-state index is 0.183. The summed E-state index contributed by atoms with van der Waals surface area (Å²) in [6.07, 6.45) is 0. The molecule has 1 heterocycles. The highest BCUT2D eigenvalue weighted by atomic mass is 19.1. The van der Waals surface area contributed by atoms with E-state index in [4.69, 9.17) is 5.11 Å². The molecule has 1 aromatic rings. The lowest BCUT2D eigenvalue weighted by Crippen LogP contribution is -2.55. The van der Waals surface area contributed by atoms with Gasteiger partial charge < -0.3 is 20.2 Å². The fourth-order valence-electron chi connectivity index (χ4n) is 2.56. The summed E-state index contributed by atoms with van der Waals surface area (Å²) in [6, 6.07) is 5.00. The number of piperazine rings is 1. The number of benzene rings is 1. The molecule has 126 valence electrons. The van der Waals surface area contributed by atoms with Crippen LogP contribution in [0.15, 0.2) is 24.3 Å². The van der Waals surface area contributed by atoms with Gasteiger partial charge in [-0.1, -0.05) is 13.8 Å². The molecule has 7 heteroatoms. The fraction of sp³-hybridized carbons (Fsp3) is 0.500. The lowest BCUT2D eigenvalue weighted by molar-refractivity contribution is -0.140. The summed E-state index contributed by atoms with van der Waals surface area (Å²) >= 11 is 0. The summed E-state index contributed by atoms with van der Waals surface area (Å²) in [4.78, 5) is 27.0.